The molecule has 2 heterocycles. The summed E-state index contributed by atoms with van der Waals surface area (Å²) in [4.78, 5) is 21.8. The van der Waals surface area contributed by atoms with E-state index < -0.39 is 40.0 Å². The Labute approximate surface area is 157 Å². The van der Waals surface area contributed by atoms with Gasteiger partial charge >= 0.3 is 17.8 Å². The minimum Gasteiger partial charge on any atom is -0.297 e. The number of thiophene rings is 2. The Morgan fingerprint density at radius 2 is 1.07 bits per heavy atom. The number of carbonyl (C=O) groups excluding carboxylic acids is 2. The Bertz CT molecular complexity index is 907. The number of aldehydes is 2. The smallest absolute Gasteiger partial charge is 0.297 e. The summed E-state index contributed by atoms with van der Waals surface area (Å²) in [5.74, 6) is -16.0. The average Bonchev–Trinajstić information content (AvgIpc) is 3.16. The quantitative estimate of drug-likeness (QED) is 0.454. The Kier molecular flexibility index (Phi) is 4.43. The Morgan fingerprint density at radius 3 is 1.33 bits per heavy atom. The molecule has 0 spiro atoms. The molecule has 0 saturated carbocycles. The van der Waals surface area contributed by atoms with Crippen molar-refractivity contribution in [2.75, 3.05) is 0 Å². The second kappa shape index (κ2) is 6.03. The lowest BCUT2D eigenvalue weighted by Gasteiger charge is -2.25. The zero-order valence-electron chi connectivity index (χ0n) is 13.7. The second-order valence-corrected chi connectivity index (χ2v) is 8.52. The molecule has 0 aromatic carbocycles. The molecule has 0 unspecified atom stereocenters. The fourth-order valence-electron chi connectivity index (χ4n) is 3.06. The maximum atomic E-state index is 14.6. The molecule has 1 aliphatic carbocycles. The Balaban J connectivity index is 2.45. The van der Waals surface area contributed by atoms with E-state index in [4.69, 9.17) is 0 Å². The van der Waals surface area contributed by atoms with Crippen molar-refractivity contribution in [1.29, 1.82) is 0 Å². The minimum atomic E-state index is -5.67. The van der Waals surface area contributed by atoms with E-state index in [0.717, 1.165) is 34.8 Å². The summed E-state index contributed by atoms with van der Waals surface area (Å²) in [5.41, 5.74) is -4.09. The predicted octanol–water partition coefficient (Wildman–Crippen LogP) is 5.88. The highest BCUT2D eigenvalue weighted by molar-refractivity contribution is 7.14. The maximum absolute atomic E-state index is 14.6. The number of carbonyl (C=O) groups is 2. The molecule has 0 fully saturated rings. The lowest BCUT2D eigenvalue weighted by molar-refractivity contribution is -0.254. The van der Waals surface area contributed by atoms with E-state index in [2.05, 4.69) is 0 Å². The van der Waals surface area contributed by atoms with Gasteiger partial charge in [-0.2, -0.15) is 26.3 Å². The third-order valence-electron chi connectivity index (χ3n) is 4.31. The Hall–Kier alpha value is -1.94. The van der Waals surface area contributed by atoms with Gasteiger partial charge in [0, 0.05) is 20.9 Å². The SMILES string of the molecule is Cc1sc(C=O)cc1C1=C(c2cc(C=O)sc2C)C(F)(F)C(F)(F)C1(F)F. The number of halogens is 6. The summed E-state index contributed by atoms with van der Waals surface area (Å²) in [6.45, 7) is 2.55. The van der Waals surface area contributed by atoms with Gasteiger partial charge < -0.3 is 0 Å². The van der Waals surface area contributed by atoms with Crippen molar-refractivity contribution in [2.24, 2.45) is 0 Å². The summed E-state index contributed by atoms with van der Waals surface area (Å²) >= 11 is 1.47. The number of rotatable bonds is 4. The summed E-state index contributed by atoms with van der Waals surface area (Å²) in [6, 6.07) is 1.80. The van der Waals surface area contributed by atoms with Gasteiger partial charge in [-0.3, -0.25) is 9.59 Å². The lowest BCUT2D eigenvalue weighted by atomic mass is 9.95. The molecular weight excluding hydrogens is 414 g/mol. The summed E-state index contributed by atoms with van der Waals surface area (Å²) in [5, 5.41) is 0. The molecule has 2 nitrogen and oxygen atoms in total. The van der Waals surface area contributed by atoms with Crippen LogP contribution in [-0.2, 0) is 0 Å². The van der Waals surface area contributed by atoms with Crippen molar-refractivity contribution in [3.05, 3.63) is 42.8 Å². The monoisotopic (exact) mass is 424 g/mol. The van der Waals surface area contributed by atoms with Crippen LogP contribution in [-0.4, -0.2) is 30.3 Å². The van der Waals surface area contributed by atoms with Gasteiger partial charge in [-0.05, 0) is 37.1 Å². The van der Waals surface area contributed by atoms with Gasteiger partial charge in [0.15, 0.2) is 12.6 Å². The molecule has 0 bridgehead atoms. The maximum Gasteiger partial charge on any atom is 0.380 e. The van der Waals surface area contributed by atoms with E-state index in [0.29, 0.717) is 12.6 Å². The number of alkyl halides is 6. The minimum absolute atomic E-state index is 0.0290. The molecule has 10 heteroatoms. The van der Waals surface area contributed by atoms with Crippen LogP contribution in [0.4, 0.5) is 26.3 Å². The standard InChI is InChI=1S/C17H10F6O2S2/c1-7-11(3-9(5-24)26-7)13-14(12-4-10(6-25)27-8(12)2)16(20,21)17(22,23)15(13,18)19/h3-6H,1-2H3. The van der Waals surface area contributed by atoms with Crippen LogP contribution >= 0.6 is 22.7 Å². The molecular formula is C17H10F6O2S2. The highest BCUT2D eigenvalue weighted by Crippen LogP contribution is 2.65. The number of hydrogen-bond acceptors (Lipinski definition) is 4. The highest BCUT2D eigenvalue weighted by Gasteiger charge is 2.80. The summed E-state index contributed by atoms with van der Waals surface area (Å²) < 4.78 is 86.6. The van der Waals surface area contributed by atoms with Crippen LogP contribution < -0.4 is 0 Å². The molecule has 1 aliphatic rings. The van der Waals surface area contributed by atoms with Gasteiger partial charge in [0.05, 0.1) is 9.75 Å². The third kappa shape index (κ3) is 2.53. The molecule has 0 saturated heterocycles. The van der Waals surface area contributed by atoms with Gasteiger partial charge in [-0.15, -0.1) is 22.7 Å². The van der Waals surface area contributed by atoms with E-state index in [1.807, 2.05) is 0 Å². The van der Waals surface area contributed by atoms with Crippen LogP contribution in [0.25, 0.3) is 11.1 Å². The fraction of sp³-hybridized carbons (Fsp3) is 0.294. The first kappa shape index (κ1) is 19.8. The van der Waals surface area contributed by atoms with E-state index in [1.54, 1.807) is 0 Å². The second-order valence-electron chi connectivity index (χ2n) is 5.95. The van der Waals surface area contributed by atoms with Gasteiger partial charge in [0.2, 0.25) is 0 Å². The van der Waals surface area contributed by atoms with Crippen molar-refractivity contribution < 1.29 is 35.9 Å². The van der Waals surface area contributed by atoms with Crippen LogP contribution in [0.5, 0.6) is 0 Å². The molecule has 0 amide bonds. The molecule has 3 rings (SSSR count). The van der Waals surface area contributed by atoms with Gasteiger partial charge in [0.25, 0.3) is 0 Å². The molecule has 0 aliphatic heterocycles. The first-order valence-corrected chi connectivity index (χ1v) is 9.04. The van der Waals surface area contributed by atoms with Crippen molar-refractivity contribution in [3.63, 3.8) is 0 Å². The molecule has 27 heavy (non-hydrogen) atoms. The zero-order chi connectivity index (χ0) is 20.4. The van der Waals surface area contributed by atoms with Crippen molar-refractivity contribution >= 4 is 46.4 Å². The first-order chi connectivity index (χ1) is 12.4. The van der Waals surface area contributed by atoms with E-state index >= 15 is 0 Å². The van der Waals surface area contributed by atoms with Crippen LogP contribution in [0.2, 0.25) is 0 Å². The fourth-order valence-corrected chi connectivity index (χ4v) is 4.75. The molecule has 2 aromatic heterocycles. The predicted molar refractivity (Wildman–Crippen MR) is 90.5 cm³/mol. The molecule has 0 N–H and O–H groups in total. The number of hydrogen-bond donors (Lipinski definition) is 0. The first-order valence-electron chi connectivity index (χ1n) is 7.40. The topological polar surface area (TPSA) is 34.1 Å². The van der Waals surface area contributed by atoms with Crippen LogP contribution in [0.15, 0.2) is 12.1 Å². The van der Waals surface area contributed by atoms with Gasteiger partial charge in [0.1, 0.15) is 0 Å². The largest absolute Gasteiger partial charge is 0.380 e. The highest BCUT2D eigenvalue weighted by atomic mass is 32.1. The number of aryl methyl sites for hydroxylation is 2. The molecule has 0 atom stereocenters. The molecule has 2 aromatic rings. The summed E-state index contributed by atoms with van der Waals surface area (Å²) in [7, 11) is 0. The van der Waals surface area contributed by atoms with Crippen molar-refractivity contribution in [3.8, 4) is 0 Å². The average molecular weight is 424 g/mol. The molecule has 0 radical (unpaired) electrons. The van der Waals surface area contributed by atoms with Gasteiger partial charge in [-0.1, -0.05) is 0 Å². The van der Waals surface area contributed by atoms with Crippen LogP contribution in [0.3, 0.4) is 0 Å². The van der Waals surface area contributed by atoms with Crippen LogP contribution in [0, 0.1) is 13.8 Å². The third-order valence-corrected chi connectivity index (χ3v) is 6.26. The zero-order valence-corrected chi connectivity index (χ0v) is 15.3. The van der Waals surface area contributed by atoms with Crippen molar-refractivity contribution in [2.45, 2.75) is 31.6 Å². The van der Waals surface area contributed by atoms with Gasteiger partial charge in [-0.25, -0.2) is 0 Å². The van der Waals surface area contributed by atoms with E-state index in [9.17, 15) is 35.9 Å². The van der Waals surface area contributed by atoms with E-state index in [1.165, 1.54) is 13.8 Å². The van der Waals surface area contributed by atoms with Crippen LogP contribution in [0.1, 0.15) is 40.2 Å². The molecule has 144 valence electrons. The Morgan fingerprint density at radius 1 is 0.741 bits per heavy atom. The number of allylic oxidation sites excluding steroid dienone is 2. The lowest BCUT2D eigenvalue weighted by Crippen LogP contribution is -2.48. The normalized spacial score (nSPS) is 20.1. The van der Waals surface area contributed by atoms with Crippen molar-refractivity contribution in [1.82, 2.24) is 0 Å². The summed E-state index contributed by atoms with van der Waals surface area (Å²) in [6.07, 6.45) is 0.649. The van der Waals surface area contributed by atoms with E-state index in [-0.39, 0.29) is 19.5 Å².